The maximum absolute atomic E-state index is 12.7. The van der Waals surface area contributed by atoms with Gasteiger partial charge in [0.1, 0.15) is 18.2 Å². The molecule has 0 radical (unpaired) electrons. The van der Waals surface area contributed by atoms with Crippen LogP contribution in [0.15, 0.2) is 42.5 Å². The minimum Gasteiger partial charge on any atom is -0.492 e. The van der Waals surface area contributed by atoms with Crippen molar-refractivity contribution in [2.75, 3.05) is 18.5 Å². The molecule has 116 valence electrons. The molecule has 0 heterocycles. The summed E-state index contributed by atoms with van der Waals surface area (Å²) in [5, 5.41) is 5.46. The van der Waals surface area contributed by atoms with Crippen molar-refractivity contribution in [3.05, 3.63) is 59.4 Å². The minimum atomic E-state index is -0.307. The molecule has 0 saturated heterocycles. The summed E-state index contributed by atoms with van der Waals surface area (Å²) in [6.07, 6.45) is 0. The average Bonchev–Trinajstić information content (AvgIpc) is 2.49. The largest absolute Gasteiger partial charge is 0.492 e. The number of nitrogens with one attached hydrogen (secondary N) is 2. The molecule has 0 bridgehead atoms. The zero-order chi connectivity index (χ0) is 15.9. The van der Waals surface area contributed by atoms with Gasteiger partial charge in [-0.3, -0.25) is 0 Å². The van der Waals surface area contributed by atoms with Gasteiger partial charge in [0.25, 0.3) is 0 Å². The molecule has 4 nitrogen and oxygen atoms in total. The molecule has 0 saturated carbocycles. The second kappa shape index (κ2) is 7.45. The smallest absolute Gasteiger partial charge is 0.319 e. The van der Waals surface area contributed by atoms with Gasteiger partial charge in [0.2, 0.25) is 0 Å². The third-order valence-corrected chi connectivity index (χ3v) is 3.23. The minimum absolute atomic E-state index is 0.286. The van der Waals surface area contributed by atoms with Gasteiger partial charge in [-0.25, -0.2) is 9.18 Å². The van der Waals surface area contributed by atoms with Crippen LogP contribution < -0.4 is 15.4 Å². The van der Waals surface area contributed by atoms with Crippen molar-refractivity contribution in [1.82, 2.24) is 5.32 Å². The molecular formula is C17H19FN2O2. The number of amides is 2. The van der Waals surface area contributed by atoms with Crippen LogP contribution in [0.3, 0.4) is 0 Å². The van der Waals surface area contributed by atoms with Gasteiger partial charge in [-0.1, -0.05) is 6.07 Å². The molecule has 2 rings (SSSR count). The van der Waals surface area contributed by atoms with Crippen LogP contribution in [0.1, 0.15) is 11.1 Å². The number of hydrogen-bond donors (Lipinski definition) is 2. The Morgan fingerprint density at radius 1 is 1.09 bits per heavy atom. The molecule has 0 fully saturated rings. The molecule has 5 heteroatoms. The lowest BCUT2D eigenvalue weighted by Gasteiger charge is -2.10. The van der Waals surface area contributed by atoms with Crippen LogP contribution in [-0.2, 0) is 0 Å². The molecule has 0 spiro atoms. The Bertz CT molecular complexity index is 642. The Morgan fingerprint density at radius 3 is 2.50 bits per heavy atom. The zero-order valence-electron chi connectivity index (χ0n) is 12.7. The SMILES string of the molecule is Cc1ccc(NC(=O)NCCOc2ccc(F)cc2)cc1C. The summed E-state index contributed by atoms with van der Waals surface area (Å²) in [4.78, 5) is 11.7. The van der Waals surface area contributed by atoms with E-state index in [-0.39, 0.29) is 11.8 Å². The van der Waals surface area contributed by atoms with Gasteiger partial charge in [0.15, 0.2) is 0 Å². The maximum Gasteiger partial charge on any atom is 0.319 e. The quantitative estimate of drug-likeness (QED) is 0.828. The third-order valence-electron chi connectivity index (χ3n) is 3.23. The number of ether oxygens (including phenoxy) is 1. The van der Waals surface area contributed by atoms with Crippen molar-refractivity contribution in [3.63, 3.8) is 0 Å². The number of benzene rings is 2. The molecule has 22 heavy (non-hydrogen) atoms. The monoisotopic (exact) mass is 302 g/mol. The van der Waals surface area contributed by atoms with Crippen molar-refractivity contribution in [2.45, 2.75) is 13.8 Å². The Balaban J connectivity index is 1.71. The van der Waals surface area contributed by atoms with Crippen molar-refractivity contribution < 1.29 is 13.9 Å². The highest BCUT2D eigenvalue weighted by atomic mass is 19.1. The number of hydrogen-bond acceptors (Lipinski definition) is 2. The number of rotatable bonds is 5. The molecule has 0 aliphatic rings. The Hall–Kier alpha value is -2.56. The lowest BCUT2D eigenvalue weighted by molar-refractivity contribution is 0.247. The van der Waals surface area contributed by atoms with E-state index in [1.807, 2.05) is 32.0 Å². The van der Waals surface area contributed by atoms with Crippen LogP contribution in [0, 0.1) is 19.7 Å². The first-order valence-electron chi connectivity index (χ1n) is 7.05. The van der Waals surface area contributed by atoms with E-state index in [1.54, 1.807) is 12.1 Å². The van der Waals surface area contributed by atoms with E-state index >= 15 is 0 Å². The van der Waals surface area contributed by atoms with Gasteiger partial charge in [0, 0.05) is 5.69 Å². The molecule has 0 atom stereocenters. The first-order chi connectivity index (χ1) is 10.5. The Kier molecular flexibility index (Phi) is 5.36. The summed E-state index contributed by atoms with van der Waals surface area (Å²) >= 11 is 0. The molecule has 2 amide bonds. The van der Waals surface area contributed by atoms with Gasteiger partial charge in [-0.15, -0.1) is 0 Å². The second-order valence-electron chi connectivity index (χ2n) is 4.98. The number of aryl methyl sites for hydroxylation is 2. The molecule has 0 unspecified atom stereocenters. The highest BCUT2D eigenvalue weighted by Crippen LogP contribution is 2.14. The van der Waals surface area contributed by atoms with Crippen LogP contribution in [0.2, 0.25) is 0 Å². The van der Waals surface area contributed by atoms with E-state index in [0.717, 1.165) is 11.3 Å². The van der Waals surface area contributed by atoms with E-state index < -0.39 is 0 Å². The van der Waals surface area contributed by atoms with Crippen LogP contribution in [0.5, 0.6) is 5.75 Å². The third kappa shape index (κ3) is 4.77. The van der Waals surface area contributed by atoms with Crippen molar-refractivity contribution >= 4 is 11.7 Å². The highest BCUT2D eigenvalue weighted by Gasteiger charge is 2.02. The van der Waals surface area contributed by atoms with E-state index in [1.165, 1.54) is 17.7 Å². The van der Waals surface area contributed by atoms with E-state index in [9.17, 15) is 9.18 Å². The van der Waals surface area contributed by atoms with E-state index in [4.69, 9.17) is 4.74 Å². The number of halogens is 1. The lowest BCUT2D eigenvalue weighted by Crippen LogP contribution is -2.32. The van der Waals surface area contributed by atoms with Gasteiger partial charge in [-0.2, -0.15) is 0 Å². The van der Waals surface area contributed by atoms with Crippen LogP contribution in [0.25, 0.3) is 0 Å². The first kappa shape index (κ1) is 15.8. The number of urea groups is 1. The molecule has 2 N–H and O–H groups in total. The molecule has 0 aliphatic carbocycles. The van der Waals surface area contributed by atoms with Crippen LogP contribution in [-0.4, -0.2) is 19.2 Å². The van der Waals surface area contributed by atoms with Crippen LogP contribution in [0.4, 0.5) is 14.9 Å². The van der Waals surface area contributed by atoms with E-state index in [0.29, 0.717) is 18.9 Å². The zero-order valence-corrected chi connectivity index (χ0v) is 12.7. The summed E-state index contributed by atoms with van der Waals surface area (Å²) in [5.41, 5.74) is 3.05. The normalized spacial score (nSPS) is 10.1. The fourth-order valence-corrected chi connectivity index (χ4v) is 1.86. The van der Waals surface area contributed by atoms with Crippen molar-refractivity contribution in [1.29, 1.82) is 0 Å². The summed E-state index contributed by atoms with van der Waals surface area (Å²) in [7, 11) is 0. The molecule has 0 aromatic heterocycles. The summed E-state index contributed by atoms with van der Waals surface area (Å²) in [6.45, 7) is 4.68. The Morgan fingerprint density at radius 2 is 1.82 bits per heavy atom. The lowest BCUT2D eigenvalue weighted by atomic mass is 10.1. The number of anilines is 1. The Labute approximate surface area is 129 Å². The van der Waals surface area contributed by atoms with Gasteiger partial charge in [0.05, 0.1) is 6.54 Å². The molecular weight excluding hydrogens is 283 g/mol. The van der Waals surface area contributed by atoms with Crippen LogP contribution >= 0.6 is 0 Å². The predicted octanol–water partition coefficient (Wildman–Crippen LogP) is 3.64. The average molecular weight is 302 g/mol. The standard InChI is InChI=1S/C17H19FN2O2/c1-12-3-6-15(11-13(12)2)20-17(21)19-9-10-22-16-7-4-14(18)5-8-16/h3-8,11H,9-10H2,1-2H3,(H2,19,20,21). The molecule has 2 aromatic rings. The highest BCUT2D eigenvalue weighted by molar-refractivity contribution is 5.89. The number of carbonyl (C=O) groups excluding carboxylic acids is 1. The second-order valence-corrected chi connectivity index (χ2v) is 4.98. The fourth-order valence-electron chi connectivity index (χ4n) is 1.86. The van der Waals surface area contributed by atoms with E-state index in [2.05, 4.69) is 10.6 Å². The van der Waals surface area contributed by atoms with Crippen molar-refractivity contribution in [2.24, 2.45) is 0 Å². The fraction of sp³-hybridized carbons (Fsp3) is 0.235. The number of carbonyl (C=O) groups is 1. The summed E-state index contributed by atoms with van der Waals surface area (Å²) in [6, 6.07) is 11.2. The topological polar surface area (TPSA) is 50.4 Å². The molecule has 0 aliphatic heterocycles. The predicted molar refractivity (Wildman–Crippen MR) is 84.8 cm³/mol. The van der Waals surface area contributed by atoms with Crippen molar-refractivity contribution in [3.8, 4) is 5.75 Å². The van der Waals surface area contributed by atoms with Gasteiger partial charge in [-0.05, 0) is 61.4 Å². The first-order valence-corrected chi connectivity index (χ1v) is 7.05. The van der Waals surface area contributed by atoms with Gasteiger partial charge < -0.3 is 15.4 Å². The maximum atomic E-state index is 12.7. The van der Waals surface area contributed by atoms with Gasteiger partial charge >= 0.3 is 6.03 Å². The summed E-state index contributed by atoms with van der Waals surface area (Å²) < 4.78 is 18.1. The summed E-state index contributed by atoms with van der Waals surface area (Å²) in [5.74, 6) is 0.260. The molecule has 2 aromatic carbocycles.